The van der Waals surface area contributed by atoms with Crippen LogP contribution in [0.25, 0.3) is 0 Å². The van der Waals surface area contributed by atoms with Crippen molar-refractivity contribution in [3.63, 3.8) is 0 Å². The second kappa shape index (κ2) is 67.1. The zero-order valence-electron chi connectivity index (χ0n) is 52.0. The van der Waals surface area contributed by atoms with Crippen LogP contribution < -0.4 is 0 Å². The molecule has 0 amide bonds. The van der Waals surface area contributed by atoms with Gasteiger partial charge in [-0.2, -0.15) is 0 Å². The highest BCUT2D eigenvalue weighted by atomic mass is 16.6. The largest absolute Gasteiger partial charge is 0.462 e. The molecule has 0 heterocycles. The molecular formula is C74H122O6. The van der Waals surface area contributed by atoms with Gasteiger partial charge in [-0.1, -0.05) is 289 Å². The normalized spacial score (nSPS) is 13.0. The van der Waals surface area contributed by atoms with Crippen LogP contribution in [0.1, 0.15) is 297 Å². The number of rotatable bonds is 59. The van der Waals surface area contributed by atoms with E-state index in [0.717, 1.165) is 141 Å². The van der Waals surface area contributed by atoms with E-state index < -0.39 is 6.10 Å². The summed E-state index contributed by atoms with van der Waals surface area (Å²) in [4.78, 5) is 38.2. The number of carbonyl (C=O) groups is 3. The Bertz CT molecular complexity index is 1700. The highest BCUT2D eigenvalue weighted by molar-refractivity contribution is 5.71. The third kappa shape index (κ3) is 64.4. The van der Waals surface area contributed by atoms with Gasteiger partial charge in [-0.15, -0.1) is 0 Å². The first-order chi connectivity index (χ1) is 39.5. The smallest absolute Gasteiger partial charge is 0.306 e. The van der Waals surface area contributed by atoms with Crippen LogP contribution in [0.2, 0.25) is 0 Å². The molecule has 1 atom stereocenters. The molecule has 6 nitrogen and oxygen atoms in total. The average molecular weight is 1110 g/mol. The number of unbranched alkanes of at least 4 members (excludes halogenated alkanes) is 26. The summed E-state index contributed by atoms with van der Waals surface area (Å²) in [6, 6.07) is 0. The van der Waals surface area contributed by atoms with Crippen LogP contribution in [-0.2, 0) is 28.6 Å². The molecule has 0 aromatic rings. The molecule has 454 valence electrons. The molecule has 0 saturated heterocycles. The van der Waals surface area contributed by atoms with Crippen molar-refractivity contribution in [1.29, 1.82) is 0 Å². The van der Waals surface area contributed by atoms with E-state index in [0.29, 0.717) is 19.3 Å². The van der Waals surface area contributed by atoms with Crippen molar-refractivity contribution in [2.24, 2.45) is 0 Å². The summed E-state index contributed by atoms with van der Waals surface area (Å²) < 4.78 is 16.9. The first kappa shape index (κ1) is 75.5. The topological polar surface area (TPSA) is 78.9 Å². The van der Waals surface area contributed by atoms with E-state index in [1.165, 1.54) is 116 Å². The highest BCUT2D eigenvalue weighted by Crippen LogP contribution is 2.15. The van der Waals surface area contributed by atoms with Crippen LogP contribution in [0.15, 0.2) is 134 Å². The van der Waals surface area contributed by atoms with E-state index in [1.807, 2.05) is 0 Å². The van der Waals surface area contributed by atoms with E-state index in [1.54, 1.807) is 0 Å². The zero-order chi connectivity index (χ0) is 57.8. The minimum absolute atomic E-state index is 0.0871. The Morgan fingerprint density at radius 1 is 0.263 bits per heavy atom. The van der Waals surface area contributed by atoms with Crippen molar-refractivity contribution in [3.8, 4) is 0 Å². The average Bonchev–Trinajstić information content (AvgIpc) is 3.46. The number of esters is 3. The Hall–Kier alpha value is -4.45. The lowest BCUT2D eigenvalue weighted by Gasteiger charge is -2.18. The van der Waals surface area contributed by atoms with Crippen LogP contribution in [0.5, 0.6) is 0 Å². The molecule has 0 rings (SSSR count). The second-order valence-corrected chi connectivity index (χ2v) is 21.6. The first-order valence-electron chi connectivity index (χ1n) is 33.2. The molecule has 6 heteroatoms. The molecule has 0 aliphatic rings. The molecule has 0 saturated carbocycles. The quantitative estimate of drug-likeness (QED) is 0.0261. The molecule has 0 N–H and O–H groups in total. The first-order valence-corrected chi connectivity index (χ1v) is 33.2. The number of ether oxygens (including phenoxy) is 3. The van der Waals surface area contributed by atoms with Gasteiger partial charge in [0.15, 0.2) is 6.10 Å². The lowest BCUT2D eigenvalue weighted by Crippen LogP contribution is -2.30. The Morgan fingerprint density at radius 3 is 0.762 bits per heavy atom. The minimum Gasteiger partial charge on any atom is -0.462 e. The number of carbonyl (C=O) groups excluding carboxylic acids is 3. The van der Waals surface area contributed by atoms with Gasteiger partial charge in [0.25, 0.3) is 0 Å². The molecule has 0 aromatic heterocycles. The molecule has 0 bridgehead atoms. The number of allylic oxidation sites excluding steroid dienone is 22. The lowest BCUT2D eigenvalue weighted by molar-refractivity contribution is -0.167. The van der Waals surface area contributed by atoms with Gasteiger partial charge in [-0.05, 0) is 122 Å². The van der Waals surface area contributed by atoms with Crippen molar-refractivity contribution in [3.05, 3.63) is 134 Å². The number of hydrogen-bond acceptors (Lipinski definition) is 6. The molecule has 80 heavy (non-hydrogen) atoms. The van der Waals surface area contributed by atoms with Crippen LogP contribution in [-0.4, -0.2) is 37.2 Å². The van der Waals surface area contributed by atoms with E-state index in [-0.39, 0.29) is 31.1 Å². The Balaban J connectivity index is 4.24. The predicted octanol–water partition coefficient (Wildman–Crippen LogP) is 22.9. The maximum absolute atomic E-state index is 12.9. The maximum atomic E-state index is 12.9. The summed E-state index contributed by atoms with van der Waals surface area (Å²) in [5.41, 5.74) is 0. The SMILES string of the molecule is CC/C=C\C/C=C\C/C=C\C/C=C\C/C=C\C/C=C\C/C=C\C/C=C\C/C=C\CCCCCCCC(=O)OCC(COC(=O)CCCCCCCCCC)OC(=O)CCCCCCCCCCC/C=C\C/C=C\CCCCCCC. The summed E-state index contributed by atoms with van der Waals surface area (Å²) in [6.07, 6.45) is 94.8. The fourth-order valence-corrected chi connectivity index (χ4v) is 8.94. The van der Waals surface area contributed by atoms with E-state index in [4.69, 9.17) is 14.2 Å². The van der Waals surface area contributed by atoms with Crippen LogP contribution in [0.4, 0.5) is 0 Å². The van der Waals surface area contributed by atoms with Gasteiger partial charge in [-0.3, -0.25) is 14.4 Å². The summed E-state index contributed by atoms with van der Waals surface area (Å²) in [5, 5.41) is 0. The Labute approximate surface area is 494 Å². The minimum atomic E-state index is -0.791. The summed E-state index contributed by atoms with van der Waals surface area (Å²) in [5.74, 6) is -0.913. The molecule has 0 fully saturated rings. The Kier molecular flexibility index (Phi) is 63.3. The zero-order valence-corrected chi connectivity index (χ0v) is 52.0. The molecule has 1 unspecified atom stereocenters. The second-order valence-electron chi connectivity index (χ2n) is 21.6. The van der Waals surface area contributed by atoms with Gasteiger partial charge >= 0.3 is 17.9 Å². The van der Waals surface area contributed by atoms with Gasteiger partial charge in [-0.25, -0.2) is 0 Å². The summed E-state index contributed by atoms with van der Waals surface area (Å²) in [6.45, 7) is 6.48. The fourth-order valence-electron chi connectivity index (χ4n) is 8.94. The number of hydrogen-bond donors (Lipinski definition) is 0. The van der Waals surface area contributed by atoms with Crippen molar-refractivity contribution < 1.29 is 28.6 Å². The van der Waals surface area contributed by atoms with Crippen molar-refractivity contribution in [1.82, 2.24) is 0 Å². The van der Waals surface area contributed by atoms with Gasteiger partial charge in [0, 0.05) is 19.3 Å². The van der Waals surface area contributed by atoms with Crippen LogP contribution >= 0.6 is 0 Å². The van der Waals surface area contributed by atoms with Gasteiger partial charge in [0.2, 0.25) is 0 Å². The van der Waals surface area contributed by atoms with E-state index in [9.17, 15) is 14.4 Å². The van der Waals surface area contributed by atoms with Crippen molar-refractivity contribution >= 4 is 17.9 Å². The van der Waals surface area contributed by atoms with Gasteiger partial charge in [0.1, 0.15) is 13.2 Å². The molecule has 0 radical (unpaired) electrons. The lowest BCUT2D eigenvalue weighted by atomic mass is 10.1. The molecule has 0 spiro atoms. The predicted molar refractivity (Wildman–Crippen MR) is 348 cm³/mol. The molecular weight excluding hydrogens is 985 g/mol. The van der Waals surface area contributed by atoms with Crippen LogP contribution in [0.3, 0.4) is 0 Å². The molecule has 0 aliphatic carbocycles. The fraction of sp³-hybridized carbons (Fsp3) is 0.662. The Morgan fingerprint density at radius 2 is 0.487 bits per heavy atom. The van der Waals surface area contributed by atoms with Gasteiger partial charge < -0.3 is 14.2 Å². The van der Waals surface area contributed by atoms with E-state index in [2.05, 4.69) is 154 Å². The third-order valence-electron chi connectivity index (χ3n) is 13.9. The van der Waals surface area contributed by atoms with Crippen LogP contribution in [0, 0.1) is 0 Å². The monoisotopic (exact) mass is 1110 g/mol. The summed E-state index contributed by atoms with van der Waals surface area (Å²) in [7, 11) is 0. The van der Waals surface area contributed by atoms with Gasteiger partial charge in [0.05, 0.1) is 0 Å². The van der Waals surface area contributed by atoms with Crippen molar-refractivity contribution in [2.45, 2.75) is 303 Å². The van der Waals surface area contributed by atoms with E-state index >= 15 is 0 Å². The molecule has 0 aromatic carbocycles. The highest BCUT2D eigenvalue weighted by Gasteiger charge is 2.19. The third-order valence-corrected chi connectivity index (χ3v) is 13.9. The standard InChI is InChI=1S/C74H122O6/c1-4-7-10-13-16-19-21-23-25-27-29-31-32-33-34-35-36-37-38-39-40-41-42-44-45-47-49-51-53-55-58-61-64-67-73(76)79-70-71(69-78-72(75)66-63-60-57-18-15-12-9-6-3)80-74(77)68-65-62-59-56-54-52-50-48-46-43-30-28-26-24-22-20-17-14-11-8-5-2/h7,10,16,19,22-25,28-31,33-34,36-37,39-40,42,44,47,49,71H,4-6,8-9,11-15,17-18,20-21,26-27,32,35,38,41,43,45-46,48,50-70H2,1-3H3/b10-7-,19-16-,24-22-,25-23-,30-28-,31-29-,34-33-,37-36-,40-39-,44-42-,49-47-. The van der Waals surface area contributed by atoms with Crippen molar-refractivity contribution in [2.75, 3.05) is 13.2 Å². The summed E-state index contributed by atoms with van der Waals surface area (Å²) >= 11 is 0. The molecule has 0 aliphatic heterocycles. The maximum Gasteiger partial charge on any atom is 0.306 e.